The number of piperidine rings is 2. The van der Waals surface area contributed by atoms with Crippen molar-refractivity contribution in [2.45, 2.75) is 75.7 Å². The molecule has 3 aliphatic rings. The number of alkyl halides is 2. The van der Waals surface area contributed by atoms with Crippen LogP contribution in [0.5, 0.6) is 0 Å². The van der Waals surface area contributed by atoms with Crippen LogP contribution in [0.2, 0.25) is 0 Å². The Balaban J connectivity index is 1.64. The van der Waals surface area contributed by atoms with E-state index in [-0.39, 0.29) is 51.7 Å². The third-order valence-corrected chi connectivity index (χ3v) is 10.4. The molecule has 8 unspecified atom stereocenters. The van der Waals surface area contributed by atoms with Gasteiger partial charge in [-0.2, -0.15) is 0 Å². The van der Waals surface area contributed by atoms with E-state index in [1.54, 1.807) is 0 Å². The summed E-state index contributed by atoms with van der Waals surface area (Å²) in [6.45, 7) is 13.4. The molecule has 3 fully saturated rings. The predicted molar refractivity (Wildman–Crippen MR) is 139 cm³/mol. The van der Waals surface area contributed by atoms with Gasteiger partial charge in [-0.25, -0.2) is 0 Å². The van der Waals surface area contributed by atoms with Gasteiger partial charge >= 0.3 is 0 Å². The highest BCUT2D eigenvalue weighted by Crippen LogP contribution is 2.40. The highest BCUT2D eigenvalue weighted by molar-refractivity contribution is 9.09. The number of amides is 2. The van der Waals surface area contributed by atoms with Crippen LogP contribution >= 0.6 is 27.5 Å². The molecule has 3 rings (SSSR count). The summed E-state index contributed by atoms with van der Waals surface area (Å²) in [5, 5.41) is 6.07. The SMILES string of the molecule is CCN(CC1CCN(C)CC1)C1CC(Cl)C(Br)C(C(=O)NCC2C(=O)NC(C)CC2C)C1C. The molecule has 6 nitrogen and oxygen atoms in total. The molecular formula is C25H44BrClN4O2. The molecule has 8 heteroatoms. The molecule has 2 N–H and O–H groups in total. The second kappa shape index (κ2) is 12.0. The average molecular weight is 548 g/mol. The molecular weight excluding hydrogens is 504 g/mol. The van der Waals surface area contributed by atoms with Crippen molar-refractivity contribution in [2.24, 2.45) is 29.6 Å². The van der Waals surface area contributed by atoms with Gasteiger partial charge in [0.25, 0.3) is 0 Å². The zero-order valence-electron chi connectivity index (χ0n) is 21.0. The van der Waals surface area contributed by atoms with E-state index in [1.807, 2.05) is 6.92 Å². The number of hydrogen-bond acceptors (Lipinski definition) is 4. The summed E-state index contributed by atoms with van der Waals surface area (Å²) in [6, 6.07) is 0.492. The average Bonchev–Trinajstić information content (AvgIpc) is 2.75. The fraction of sp³-hybridized carbons (Fsp3) is 0.920. The van der Waals surface area contributed by atoms with Crippen LogP contribution < -0.4 is 10.6 Å². The Morgan fingerprint density at radius 2 is 1.91 bits per heavy atom. The number of carbonyl (C=O) groups excluding carboxylic acids is 2. The second-order valence-electron chi connectivity index (χ2n) is 11.0. The Hall–Kier alpha value is -0.370. The molecule has 0 aromatic heterocycles. The summed E-state index contributed by atoms with van der Waals surface area (Å²) in [7, 11) is 2.20. The monoisotopic (exact) mass is 546 g/mol. The van der Waals surface area contributed by atoms with Crippen LogP contribution in [0.3, 0.4) is 0 Å². The lowest BCUT2D eigenvalue weighted by Crippen LogP contribution is -2.57. The highest BCUT2D eigenvalue weighted by atomic mass is 79.9. The van der Waals surface area contributed by atoms with E-state index < -0.39 is 0 Å². The topological polar surface area (TPSA) is 64.7 Å². The highest BCUT2D eigenvalue weighted by Gasteiger charge is 2.46. The van der Waals surface area contributed by atoms with Gasteiger partial charge < -0.3 is 20.4 Å². The number of rotatable bonds is 7. The first-order valence-corrected chi connectivity index (χ1v) is 14.3. The smallest absolute Gasteiger partial charge is 0.225 e. The Morgan fingerprint density at radius 1 is 1.24 bits per heavy atom. The summed E-state index contributed by atoms with van der Waals surface area (Å²) in [5.41, 5.74) is 0. The van der Waals surface area contributed by atoms with Crippen molar-refractivity contribution in [3.8, 4) is 0 Å². The standard InChI is InChI=1S/C25H44BrClN4O2/c1-6-31(14-18-7-9-30(5)10-8-18)21-12-20(27)23(26)22(17(21)4)25(33)28-13-19-15(2)11-16(3)29-24(19)32/h15-23H,6-14H2,1-5H3,(H,28,33)(H,29,32). The molecule has 2 amide bonds. The number of nitrogens with zero attached hydrogens (tertiary/aromatic N) is 2. The van der Waals surface area contributed by atoms with E-state index >= 15 is 0 Å². The van der Waals surface area contributed by atoms with Gasteiger partial charge in [0.15, 0.2) is 0 Å². The summed E-state index contributed by atoms with van der Waals surface area (Å²) in [4.78, 5) is 30.8. The van der Waals surface area contributed by atoms with Gasteiger partial charge in [-0.05, 0) is 77.0 Å². The molecule has 2 heterocycles. The molecule has 0 aromatic rings. The van der Waals surface area contributed by atoms with Crippen LogP contribution in [-0.4, -0.2) is 83.7 Å². The Labute approximate surface area is 214 Å². The van der Waals surface area contributed by atoms with E-state index in [0.29, 0.717) is 18.5 Å². The third kappa shape index (κ3) is 6.65. The largest absolute Gasteiger partial charge is 0.355 e. The van der Waals surface area contributed by atoms with E-state index in [2.05, 4.69) is 64.2 Å². The van der Waals surface area contributed by atoms with Crippen LogP contribution in [0.15, 0.2) is 0 Å². The van der Waals surface area contributed by atoms with Gasteiger partial charge in [0.2, 0.25) is 11.8 Å². The Morgan fingerprint density at radius 3 is 2.52 bits per heavy atom. The van der Waals surface area contributed by atoms with Crippen LogP contribution in [0.4, 0.5) is 0 Å². The summed E-state index contributed by atoms with van der Waals surface area (Å²) in [5.74, 6) is 0.857. The van der Waals surface area contributed by atoms with Crippen LogP contribution in [0, 0.1) is 29.6 Å². The van der Waals surface area contributed by atoms with E-state index in [0.717, 1.165) is 25.9 Å². The van der Waals surface area contributed by atoms with Gasteiger partial charge in [-0.3, -0.25) is 9.59 Å². The minimum atomic E-state index is -0.210. The summed E-state index contributed by atoms with van der Waals surface area (Å²) in [6.07, 6.45) is 4.32. The van der Waals surface area contributed by atoms with Gasteiger partial charge in [-0.1, -0.05) is 36.7 Å². The third-order valence-electron chi connectivity index (χ3n) is 8.47. The molecule has 0 radical (unpaired) electrons. The van der Waals surface area contributed by atoms with Gasteiger partial charge in [-0.15, -0.1) is 11.6 Å². The predicted octanol–water partition coefficient (Wildman–Crippen LogP) is 3.32. The number of hydrogen-bond donors (Lipinski definition) is 2. The normalized spacial score (nSPS) is 38.8. The minimum absolute atomic E-state index is 0.0219. The first-order valence-electron chi connectivity index (χ1n) is 12.9. The molecule has 1 saturated carbocycles. The lowest BCUT2D eigenvalue weighted by molar-refractivity contribution is -0.131. The number of likely N-dealkylation sites (tertiary alicyclic amines) is 1. The van der Waals surface area contributed by atoms with Crippen molar-refractivity contribution in [3.63, 3.8) is 0 Å². The molecule has 2 aliphatic heterocycles. The fourth-order valence-corrected chi connectivity index (χ4v) is 7.56. The first kappa shape index (κ1) is 27.2. The first-order chi connectivity index (χ1) is 15.6. The molecule has 190 valence electrons. The van der Waals surface area contributed by atoms with Crippen molar-refractivity contribution in [2.75, 3.05) is 39.8 Å². The van der Waals surface area contributed by atoms with Crippen molar-refractivity contribution < 1.29 is 9.59 Å². The van der Waals surface area contributed by atoms with Crippen molar-refractivity contribution >= 4 is 39.3 Å². The molecule has 2 saturated heterocycles. The number of nitrogens with one attached hydrogen (secondary N) is 2. The molecule has 33 heavy (non-hydrogen) atoms. The zero-order valence-corrected chi connectivity index (χ0v) is 23.4. The Kier molecular flexibility index (Phi) is 9.94. The van der Waals surface area contributed by atoms with Crippen molar-refractivity contribution in [3.05, 3.63) is 0 Å². The van der Waals surface area contributed by atoms with Gasteiger partial charge in [0.1, 0.15) is 0 Å². The van der Waals surface area contributed by atoms with Gasteiger partial charge in [0, 0.05) is 35.4 Å². The van der Waals surface area contributed by atoms with E-state index in [9.17, 15) is 9.59 Å². The van der Waals surface area contributed by atoms with E-state index in [4.69, 9.17) is 11.6 Å². The molecule has 8 atom stereocenters. The zero-order chi connectivity index (χ0) is 24.3. The molecule has 0 spiro atoms. The van der Waals surface area contributed by atoms with Crippen molar-refractivity contribution in [1.29, 1.82) is 0 Å². The van der Waals surface area contributed by atoms with Crippen molar-refractivity contribution in [1.82, 2.24) is 20.4 Å². The Bertz CT molecular complexity index is 675. The fourth-order valence-electron chi connectivity index (χ4n) is 6.28. The number of halogens is 2. The van der Waals surface area contributed by atoms with Crippen LogP contribution in [0.1, 0.15) is 53.4 Å². The lowest BCUT2D eigenvalue weighted by atomic mass is 9.74. The second-order valence-corrected chi connectivity index (χ2v) is 12.6. The van der Waals surface area contributed by atoms with E-state index in [1.165, 1.54) is 25.9 Å². The molecule has 1 aliphatic carbocycles. The quantitative estimate of drug-likeness (QED) is 0.480. The lowest BCUT2D eigenvalue weighted by Gasteiger charge is -2.47. The van der Waals surface area contributed by atoms with Crippen LogP contribution in [0.25, 0.3) is 0 Å². The molecule has 0 bridgehead atoms. The van der Waals surface area contributed by atoms with Gasteiger partial charge in [0.05, 0.1) is 11.8 Å². The number of carbonyl (C=O) groups is 2. The minimum Gasteiger partial charge on any atom is -0.355 e. The maximum atomic E-state index is 13.4. The maximum Gasteiger partial charge on any atom is 0.225 e. The molecule has 0 aromatic carbocycles. The summed E-state index contributed by atoms with van der Waals surface area (Å²) >= 11 is 10.6. The van der Waals surface area contributed by atoms with Crippen LogP contribution in [-0.2, 0) is 9.59 Å². The summed E-state index contributed by atoms with van der Waals surface area (Å²) < 4.78 is 0. The maximum absolute atomic E-state index is 13.4.